The van der Waals surface area contributed by atoms with E-state index >= 15 is 0 Å². The van der Waals surface area contributed by atoms with Crippen molar-refractivity contribution in [3.8, 4) is 0 Å². The molecule has 5 aliphatic carbocycles. The van der Waals surface area contributed by atoms with Gasteiger partial charge in [0.1, 0.15) is 5.60 Å². The fourth-order valence-electron chi connectivity index (χ4n) is 7.94. The van der Waals surface area contributed by atoms with Gasteiger partial charge >= 0.3 is 5.97 Å². The molecule has 5 aliphatic rings. The molecule has 0 aliphatic heterocycles. The van der Waals surface area contributed by atoms with Gasteiger partial charge in [0, 0.05) is 0 Å². The Morgan fingerprint density at radius 3 is 2.50 bits per heavy atom. The lowest BCUT2D eigenvalue weighted by Crippen LogP contribution is -2.42. The van der Waals surface area contributed by atoms with Crippen molar-refractivity contribution in [1.29, 1.82) is 0 Å². The van der Waals surface area contributed by atoms with Crippen molar-refractivity contribution < 1.29 is 9.53 Å². The Kier molecular flexibility index (Phi) is 3.29. The molecule has 24 heavy (non-hydrogen) atoms. The quantitative estimate of drug-likeness (QED) is 0.421. The molecule has 0 aromatic rings. The first-order valence-electron chi connectivity index (χ1n) is 10.4. The molecule has 10 atom stereocenters. The molecule has 0 aromatic heterocycles. The van der Waals surface area contributed by atoms with Gasteiger partial charge in [0.25, 0.3) is 0 Å². The predicted molar refractivity (Wildman–Crippen MR) is 94.1 cm³/mol. The monoisotopic (exact) mass is 328 g/mol. The number of carbonyl (C=O) groups is 1. The molecule has 4 bridgehead atoms. The van der Waals surface area contributed by atoms with Crippen LogP contribution in [-0.4, -0.2) is 11.6 Å². The maximum atomic E-state index is 13.0. The summed E-state index contributed by atoms with van der Waals surface area (Å²) < 4.78 is 6.14. The minimum absolute atomic E-state index is 0.137. The summed E-state index contributed by atoms with van der Waals surface area (Å²) >= 11 is 0. The van der Waals surface area contributed by atoms with Crippen LogP contribution in [0.4, 0.5) is 0 Å². The average molecular weight is 328 g/mol. The van der Waals surface area contributed by atoms with Crippen LogP contribution in [0, 0.1) is 53.3 Å². The molecule has 0 aromatic carbocycles. The van der Waals surface area contributed by atoms with E-state index in [1.54, 1.807) is 0 Å². The van der Waals surface area contributed by atoms with Gasteiger partial charge in [-0.25, -0.2) is 0 Å². The molecule has 0 heterocycles. The van der Waals surface area contributed by atoms with Gasteiger partial charge < -0.3 is 4.74 Å². The Labute approximate surface area is 146 Å². The Morgan fingerprint density at radius 2 is 1.83 bits per heavy atom. The topological polar surface area (TPSA) is 26.3 Å². The summed E-state index contributed by atoms with van der Waals surface area (Å²) in [6.07, 6.45) is 11.2. The third-order valence-corrected chi connectivity index (χ3v) is 9.21. The van der Waals surface area contributed by atoms with E-state index in [2.05, 4.69) is 32.9 Å². The molecule has 0 N–H and O–H groups in total. The number of rotatable bonds is 3. The van der Waals surface area contributed by atoms with Crippen molar-refractivity contribution in [3.63, 3.8) is 0 Å². The third kappa shape index (κ3) is 1.86. The first-order valence-corrected chi connectivity index (χ1v) is 10.4. The van der Waals surface area contributed by atoms with Crippen LogP contribution in [0.3, 0.4) is 0 Å². The van der Waals surface area contributed by atoms with Crippen molar-refractivity contribution in [2.45, 2.75) is 64.9 Å². The van der Waals surface area contributed by atoms with E-state index in [4.69, 9.17) is 4.74 Å². The Hall–Kier alpha value is -0.790. The zero-order valence-electron chi connectivity index (χ0n) is 15.4. The molecule has 0 saturated heterocycles. The molecule has 0 amide bonds. The van der Waals surface area contributed by atoms with Gasteiger partial charge in [-0.2, -0.15) is 0 Å². The van der Waals surface area contributed by atoms with Crippen LogP contribution in [0.15, 0.2) is 12.2 Å². The molecule has 4 fully saturated rings. The number of esters is 1. The lowest BCUT2D eigenvalue weighted by Gasteiger charge is -2.43. The average Bonchev–Trinajstić information content (AvgIpc) is 3.34. The van der Waals surface area contributed by atoms with Gasteiger partial charge in [-0.15, -0.1) is 0 Å². The summed E-state index contributed by atoms with van der Waals surface area (Å²) in [5.41, 5.74) is -0.283. The van der Waals surface area contributed by atoms with Crippen molar-refractivity contribution >= 4 is 5.97 Å². The number of hydrogen-bond donors (Lipinski definition) is 0. The van der Waals surface area contributed by atoms with Gasteiger partial charge in [0.15, 0.2) is 0 Å². The predicted octanol–water partition coefficient (Wildman–Crippen LogP) is 4.84. The minimum Gasteiger partial charge on any atom is -0.455 e. The summed E-state index contributed by atoms with van der Waals surface area (Å²) in [6, 6.07) is 0. The van der Waals surface area contributed by atoms with Crippen LogP contribution < -0.4 is 0 Å². The van der Waals surface area contributed by atoms with Crippen molar-refractivity contribution in [2.75, 3.05) is 0 Å². The highest BCUT2D eigenvalue weighted by atomic mass is 16.6. The molecule has 10 unspecified atom stereocenters. The van der Waals surface area contributed by atoms with E-state index in [0.29, 0.717) is 5.92 Å². The van der Waals surface area contributed by atoms with Crippen LogP contribution in [-0.2, 0) is 9.53 Å². The van der Waals surface area contributed by atoms with Crippen molar-refractivity contribution in [2.24, 2.45) is 53.3 Å². The summed E-state index contributed by atoms with van der Waals surface area (Å²) in [4.78, 5) is 13.0. The third-order valence-electron chi connectivity index (χ3n) is 9.21. The van der Waals surface area contributed by atoms with Gasteiger partial charge in [0.2, 0.25) is 0 Å². The van der Waals surface area contributed by atoms with Crippen molar-refractivity contribution in [1.82, 2.24) is 0 Å². The van der Waals surface area contributed by atoms with Gasteiger partial charge in [-0.05, 0) is 91.9 Å². The SMILES string of the molecule is CCC1(OC(=O)C2CC3CC2C2C4CC(C(C)C4C)C32)C=CCC1. The maximum absolute atomic E-state index is 13.0. The molecule has 4 saturated carbocycles. The van der Waals surface area contributed by atoms with E-state index in [1.807, 2.05) is 0 Å². The van der Waals surface area contributed by atoms with Gasteiger partial charge in [-0.1, -0.05) is 26.8 Å². The molecule has 5 rings (SSSR count). The summed E-state index contributed by atoms with van der Waals surface area (Å²) in [7, 11) is 0. The van der Waals surface area contributed by atoms with E-state index in [0.717, 1.165) is 67.1 Å². The first kappa shape index (κ1) is 15.5. The fourth-order valence-corrected chi connectivity index (χ4v) is 7.94. The second-order valence-corrected chi connectivity index (χ2v) is 9.72. The van der Waals surface area contributed by atoms with Crippen LogP contribution in [0.25, 0.3) is 0 Å². The maximum Gasteiger partial charge on any atom is 0.310 e. The summed E-state index contributed by atoms with van der Waals surface area (Å²) in [6.45, 7) is 7.11. The molecular weight excluding hydrogens is 296 g/mol. The van der Waals surface area contributed by atoms with Crippen LogP contribution in [0.1, 0.15) is 59.3 Å². The van der Waals surface area contributed by atoms with E-state index in [-0.39, 0.29) is 17.5 Å². The molecule has 0 radical (unpaired) electrons. The Bertz CT molecular complexity index is 581. The molecule has 2 heteroatoms. The van der Waals surface area contributed by atoms with E-state index in [1.165, 1.54) is 12.8 Å². The summed E-state index contributed by atoms with van der Waals surface area (Å²) in [5.74, 6) is 7.22. The van der Waals surface area contributed by atoms with Crippen LogP contribution in [0.2, 0.25) is 0 Å². The largest absolute Gasteiger partial charge is 0.455 e. The number of carbonyl (C=O) groups excluding carboxylic acids is 1. The highest BCUT2D eigenvalue weighted by Crippen LogP contribution is 2.71. The first-order chi connectivity index (χ1) is 11.5. The second kappa shape index (κ2) is 5.11. The van der Waals surface area contributed by atoms with Crippen LogP contribution in [0.5, 0.6) is 0 Å². The molecular formula is C22H32O2. The highest BCUT2D eigenvalue weighted by Gasteiger charge is 2.67. The number of fused-ring (bicyclic) bond motifs is 9. The smallest absolute Gasteiger partial charge is 0.310 e. The number of ether oxygens (including phenoxy) is 1. The highest BCUT2D eigenvalue weighted by molar-refractivity contribution is 5.74. The van der Waals surface area contributed by atoms with E-state index in [9.17, 15) is 4.79 Å². The molecule has 132 valence electrons. The Morgan fingerprint density at radius 1 is 1.08 bits per heavy atom. The fraction of sp³-hybridized carbons (Fsp3) is 0.864. The Balaban J connectivity index is 1.34. The standard InChI is InChI=1S/C22H32O2/c1-4-22(7-5-6-8-22)24-21(23)18-10-14-9-17(18)20-16-11-15(19(14)20)12(2)13(16)3/h5,7,12-20H,4,6,8-11H2,1-3H3. The lowest BCUT2D eigenvalue weighted by atomic mass is 9.62. The van der Waals surface area contributed by atoms with Crippen LogP contribution >= 0.6 is 0 Å². The number of allylic oxidation sites excluding steroid dienone is 1. The van der Waals surface area contributed by atoms with Gasteiger partial charge in [-0.3, -0.25) is 4.79 Å². The normalized spacial score (nSPS) is 56.9. The van der Waals surface area contributed by atoms with E-state index < -0.39 is 0 Å². The molecule has 0 spiro atoms. The molecule has 2 nitrogen and oxygen atoms in total. The number of hydrogen-bond acceptors (Lipinski definition) is 2. The minimum atomic E-state index is -0.283. The van der Waals surface area contributed by atoms with Crippen molar-refractivity contribution in [3.05, 3.63) is 12.2 Å². The van der Waals surface area contributed by atoms with Gasteiger partial charge in [0.05, 0.1) is 5.92 Å². The summed E-state index contributed by atoms with van der Waals surface area (Å²) in [5, 5.41) is 0. The lowest BCUT2D eigenvalue weighted by molar-refractivity contribution is -0.164. The zero-order valence-corrected chi connectivity index (χ0v) is 15.4. The zero-order chi connectivity index (χ0) is 16.6. The second-order valence-electron chi connectivity index (χ2n) is 9.72.